The van der Waals surface area contributed by atoms with Crippen LogP contribution in [-0.4, -0.2) is 4.98 Å². The number of benzene rings is 3. The smallest absolute Gasteiger partial charge is 0.128 e. The van der Waals surface area contributed by atoms with E-state index in [0.717, 1.165) is 28.6 Å². The van der Waals surface area contributed by atoms with E-state index in [-0.39, 0.29) is 11.9 Å². The van der Waals surface area contributed by atoms with Crippen LogP contribution in [-0.2, 0) is 6.42 Å². The van der Waals surface area contributed by atoms with Crippen LogP contribution >= 0.6 is 11.6 Å². The Hall–Kier alpha value is -3.17. The molecule has 0 aliphatic heterocycles. The standard InChI is InChI=1S/C26H20ClFN2/c1-16(30-26-21-8-4-5-9-25(21)29-15-23(26)27)22-14-19(10-11-24(22)28)20-12-17-6-2-3-7-18(17)13-20/h2-12,14-16H,13H2,1H3,(H,29,30)/t16-/m1/s1. The lowest BCUT2D eigenvalue weighted by Crippen LogP contribution is -2.10. The molecule has 4 aromatic rings. The van der Waals surface area contributed by atoms with Crippen LogP contribution in [0, 0.1) is 5.82 Å². The number of anilines is 1. The van der Waals surface area contributed by atoms with E-state index < -0.39 is 0 Å². The van der Waals surface area contributed by atoms with Crippen LogP contribution in [0.25, 0.3) is 22.6 Å². The number of hydrogen-bond acceptors (Lipinski definition) is 2. The first-order valence-corrected chi connectivity index (χ1v) is 10.4. The third kappa shape index (κ3) is 3.35. The lowest BCUT2D eigenvalue weighted by molar-refractivity contribution is 0.600. The van der Waals surface area contributed by atoms with Crippen molar-refractivity contribution in [3.63, 3.8) is 0 Å². The van der Waals surface area contributed by atoms with Crippen molar-refractivity contribution >= 4 is 39.8 Å². The summed E-state index contributed by atoms with van der Waals surface area (Å²) >= 11 is 6.43. The second-order valence-corrected chi connectivity index (χ2v) is 8.05. The summed E-state index contributed by atoms with van der Waals surface area (Å²) in [4.78, 5) is 4.37. The molecule has 4 heteroatoms. The summed E-state index contributed by atoms with van der Waals surface area (Å²) in [6, 6.07) is 21.2. The molecule has 0 bridgehead atoms. The van der Waals surface area contributed by atoms with Gasteiger partial charge in [0.05, 0.1) is 22.3 Å². The van der Waals surface area contributed by atoms with Gasteiger partial charge in [0.1, 0.15) is 5.82 Å². The second-order valence-electron chi connectivity index (χ2n) is 7.65. The molecule has 0 spiro atoms. The molecule has 0 unspecified atom stereocenters. The largest absolute Gasteiger partial charge is 0.377 e. The predicted molar refractivity (Wildman–Crippen MR) is 123 cm³/mol. The summed E-state index contributed by atoms with van der Waals surface area (Å²) in [7, 11) is 0. The summed E-state index contributed by atoms with van der Waals surface area (Å²) in [5.41, 5.74) is 7.02. The Labute approximate surface area is 180 Å². The highest BCUT2D eigenvalue weighted by Gasteiger charge is 2.18. The fraction of sp³-hybridized carbons (Fsp3) is 0.115. The molecule has 1 aromatic heterocycles. The third-order valence-electron chi connectivity index (χ3n) is 5.69. The lowest BCUT2D eigenvalue weighted by Gasteiger charge is -2.20. The van der Waals surface area contributed by atoms with Gasteiger partial charge >= 0.3 is 0 Å². The average Bonchev–Trinajstić information content (AvgIpc) is 3.20. The molecular formula is C26H20ClFN2. The first-order valence-electron chi connectivity index (χ1n) is 9.98. The van der Waals surface area contributed by atoms with Crippen molar-refractivity contribution in [2.45, 2.75) is 19.4 Å². The topological polar surface area (TPSA) is 24.9 Å². The van der Waals surface area contributed by atoms with Crippen LogP contribution in [0.3, 0.4) is 0 Å². The number of nitrogens with zero attached hydrogens (tertiary/aromatic N) is 1. The minimum atomic E-state index is -0.266. The number of aromatic nitrogens is 1. The van der Waals surface area contributed by atoms with Gasteiger partial charge in [-0.15, -0.1) is 0 Å². The number of hydrogen-bond donors (Lipinski definition) is 1. The van der Waals surface area contributed by atoms with Crippen molar-refractivity contribution in [2.75, 3.05) is 5.32 Å². The predicted octanol–water partition coefficient (Wildman–Crippen LogP) is 7.30. The maximum atomic E-state index is 14.8. The number of allylic oxidation sites excluding steroid dienone is 1. The Morgan fingerprint density at radius 1 is 1.03 bits per heavy atom. The highest BCUT2D eigenvalue weighted by atomic mass is 35.5. The van der Waals surface area contributed by atoms with Gasteiger partial charge in [-0.3, -0.25) is 4.98 Å². The fourth-order valence-electron chi connectivity index (χ4n) is 4.10. The number of halogens is 2. The SMILES string of the molecule is C[C@@H](Nc1c(Cl)cnc2ccccc12)c1cc(C2=Cc3ccccc3C2)ccc1F. The minimum Gasteiger partial charge on any atom is -0.377 e. The normalized spacial score (nSPS) is 13.8. The van der Waals surface area contributed by atoms with Crippen LogP contribution in [0.15, 0.2) is 72.9 Å². The van der Waals surface area contributed by atoms with E-state index in [1.165, 1.54) is 16.7 Å². The summed E-state index contributed by atoms with van der Waals surface area (Å²) in [5, 5.41) is 4.85. The zero-order valence-electron chi connectivity index (χ0n) is 16.5. The lowest BCUT2D eigenvalue weighted by atomic mass is 9.98. The number of pyridine rings is 1. The van der Waals surface area contributed by atoms with Gasteiger partial charge in [0, 0.05) is 17.1 Å². The van der Waals surface area contributed by atoms with E-state index in [1.807, 2.05) is 49.4 Å². The highest BCUT2D eigenvalue weighted by molar-refractivity contribution is 6.34. The molecule has 0 radical (unpaired) electrons. The molecule has 2 nitrogen and oxygen atoms in total. The fourth-order valence-corrected chi connectivity index (χ4v) is 4.30. The van der Waals surface area contributed by atoms with E-state index in [2.05, 4.69) is 34.6 Å². The maximum Gasteiger partial charge on any atom is 0.128 e. The van der Waals surface area contributed by atoms with Crippen LogP contribution in [0.1, 0.15) is 35.2 Å². The first-order chi connectivity index (χ1) is 14.6. The van der Waals surface area contributed by atoms with E-state index >= 15 is 0 Å². The summed E-state index contributed by atoms with van der Waals surface area (Å²) in [6.45, 7) is 1.95. The van der Waals surface area contributed by atoms with Gasteiger partial charge in [-0.25, -0.2) is 4.39 Å². The molecule has 1 heterocycles. The summed E-state index contributed by atoms with van der Waals surface area (Å²) < 4.78 is 14.8. The Morgan fingerprint density at radius 3 is 2.70 bits per heavy atom. The maximum absolute atomic E-state index is 14.8. The van der Waals surface area contributed by atoms with Gasteiger partial charge in [-0.2, -0.15) is 0 Å². The van der Waals surface area contributed by atoms with Gasteiger partial charge in [0.25, 0.3) is 0 Å². The molecule has 30 heavy (non-hydrogen) atoms. The van der Waals surface area contributed by atoms with Crippen LogP contribution in [0.4, 0.5) is 10.1 Å². The van der Waals surface area contributed by atoms with Gasteiger partial charge in [-0.05, 0) is 53.8 Å². The summed E-state index contributed by atoms with van der Waals surface area (Å²) in [5.74, 6) is -0.232. The van der Waals surface area contributed by atoms with Crippen molar-refractivity contribution < 1.29 is 4.39 Å². The van der Waals surface area contributed by atoms with Crippen molar-refractivity contribution in [3.8, 4) is 0 Å². The van der Waals surface area contributed by atoms with E-state index in [1.54, 1.807) is 12.3 Å². The molecule has 1 atom stereocenters. The minimum absolute atomic E-state index is 0.232. The molecule has 0 fully saturated rings. The van der Waals surface area contributed by atoms with Crippen molar-refractivity contribution in [1.29, 1.82) is 0 Å². The number of nitrogens with one attached hydrogen (secondary N) is 1. The molecule has 148 valence electrons. The van der Waals surface area contributed by atoms with E-state index in [4.69, 9.17) is 11.6 Å². The molecule has 0 saturated heterocycles. The molecule has 0 saturated carbocycles. The second kappa shape index (κ2) is 7.58. The Kier molecular flexibility index (Phi) is 4.76. The molecule has 5 rings (SSSR count). The molecule has 3 aromatic carbocycles. The molecule has 1 aliphatic carbocycles. The van der Waals surface area contributed by atoms with Crippen LogP contribution < -0.4 is 5.32 Å². The van der Waals surface area contributed by atoms with Gasteiger partial charge in [0.15, 0.2) is 0 Å². The first kappa shape index (κ1) is 18.8. The van der Waals surface area contributed by atoms with Gasteiger partial charge in [0.2, 0.25) is 0 Å². The van der Waals surface area contributed by atoms with E-state index in [0.29, 0.717) is 10.6 Å². The third-order valence-corrected chi connectivity index (χ3v) is 5.98. The molecule has 1 N–H and O–H groups in total. The molecule has 1 aliphatic rings. The number of para-hydroxylation sites is 1. The average molecular weight is 415 g/mol. The highest BCUT2D eigenvalue weighted by Crippen LogP contribution is 2.35. The Bertz CT molecular complexity index is 1300. The van der Waals surface area contributed by atoms with Crippen LogP contribution in [0.5, 0.6) is 0 Å². The van der Waals surface area contributed by atoms with Crippen molar-refractivity contribution in [2.24, 2.45) is 0 Å². The summed E-state index contributed by atoms with van der Waals surface area (Å²) in [6.07, 6.45) is 4.69. The van der Waals surface area contributed by atoms with Crippen LogP contribution in [0.2, 0.25) is 5.02 Å². The Balaban J connectivity index is 1.48. The van der Waals surface area contributed by atoms with Crippen molar-refractivity contribution in [3.05, 3.63) is 106 Å². The Morgan fingerprint density at radius 2 is 1.83 bits per heavy atom. The zero-order valence-corrected chi connectivity index (χ0v) is 17.2. The van der Waals surface area contributed by atoms with Crippen molar-refractivity contribution in [1.82, 2.24) is 4.98 Å². The van der Waals surface area contributed by atoms with E-state index in [9.17, 15) is 4.39 Å². The molecular weight excluding hydrogens is 395 g/mol. The quantitative estimate of drug-likeness (QED) is 0.379. The number of rotatable bonds is 4. The number of fused-ring (bicyclic) bond motifs is 2. The molecule has 0 amide bonds. The monoisotopic (exact) mass is 414 g/mol. The van der Waals surface area contributed by atoms with Gasteiger partial charge < -0.3 is 5.32 Å². The zero-order chi connectivity index (χ0) is 20.7. The van der Waals surface area contributed by atoms with Gasteiger partial charge in [-0.1, -0.05) is 66.2 Å².